The summed E-state index contributed by atoms with van der Waals surface area (Å²) in [7, 11) is 0. The molecule has 0 bridgehead atoms. The van der Waals surface area contributed by atoms with E-state index in [9.17, 15) is 0 Å². The summed E-state index contributed by atoms with van der Waals surface area (Å²) in [4.78, 5) is 24.8. The number of nitrogens with zero attached hydrogens (tertiary/aromatic N) is 6. The van der Waals surface area contributed by atoms with E-state index in [1.54, 1.807) is 4.68 Å². The molecule has 2 radical (unpaired) electrons. The Morgan fingerprint density at radius 2 is 1.24 bits per heavy atom. The van der Waals surface area contributed by atoms with Crippen molar-refractivity contribution < 1.29 is 15.3 Å². The molecule has 0 spiro atoms. The van der Waals surface area contributed by atoms with Crippen LogP contribution in [0.25, 0.3) is 5.69 Å². The molecule has 1 heterocycles. The van der Waals surface area contributed by atoms with Crippen LogP contribution in [0.15, 0.2) is 30.3 Å². The van der Waals surface area contributed by atoms with E-state index >= 15 is 0 Å². The van der Waals surface area contributed by atoms with Gasteiger partial charge in [0.15, 0.2) is 0 Å². The van der Waals surface area contributed by atoms with Gasteiger partial charge in [-0.1, -0.05) is 28.5 Å². The third-order valence-corrected chi connectivity index (χ3v) is 1.75. The smallest absolute Gasteiger partial charge is 0.356 e. The quantitative estimate of drug-likeness (QED) is 0.208. The number of aromatic amines is 1. The first-order valence-electron chi connectivity index (χ1n) is 5.08. The summed E-state index contributed by atoms with van der Waals surface area (Å²) >= 11 is 4.93. The number of para-hydroxylation sites is 1. The minimum absolute atomic E-state index is 0. The fraction of sp³-hybridized carbons (Fsp3) is 0. The van der Waals surface area contributed by atoms with E-state index in [1.165, 1.54) is 0 Å². The minimum Gasteiger partial charge on any atom is -0.356 e. The van der Waals surface area contributed by atoms with Gasteiger partial charge in [0.25, 0.3) is 0 Å². The number of hydrogen-bond donors (Lipinski definition) is 1. The van der Waals surface area contributed by atoms with E-state index < -0.39 is 15.3 Å². The molecular weight excluding hydrogens is 567 g/mol. The van der Waals surface area contributed by atoms with Gasteiger partial charge in [0, 0.05) is 0 Å². The summed E-state index contributed by atoms with van der Waals surface area (Å²) in [6, 6.07) is 9.65. The van der Waals surface area contributed by atoms with Gasteiger partial charge in [0.2, 0.25) is 4.77 Å². The van der Waals surface area contributed by atoms with Gasteiger partial charge in [-0.15, -0.1) is 0 Å². The molecule has 0 saturated heterocycles. The topological polar surface area (TPSA) is 245 Å². The first-order valence-corrected chi connectivity index (χ1v) is 5.48. The molecule has 0 saturated carbocycles. The van der Waals surface area contributed by atoms with Crippen LogP contribution in [0.1, 0.15) is 0 Å². The molecule has 0 atom stereocenters. The van der Waals surface area contributed by atoms with Crippen molar-refractivity contribution in [3.63, 3.8) is 0 Å². The fourth-order valence-corrected chi connectivity index (χ4v) is 1.13. The maximum atomic E-state index is 8.25. The van der Waals surface area contributed by atoms with Crippen LogP contribution >= 0.6 is 12.2 Å². The molecule has 2 rings (SSSR count). The second kappa shape index (κ2) is 15.9. The number of benzene rings is 1. The second-order valence-electron chi connectivity index (χ2n) is 2.92. The fourth-order valence-electron chi connectivity index (χ4n) is 0.943. The van der Waals surface area contributed by atoms with Gasteiger partial charge in [-0.2, -0.15) is 5.21 Å². The monoisotopic (exact) mass is 573 g/mol. The van der Waals surface area contributed by atoms with Crippen LogP contribution in [-0.4, -0.2) is 61.7 Å². The predicted octanol–water partition coefficient (Wildman–Crippen LogP) is 0.227. The van der Waals surface area contributed by atoms with Gasteiger partial charge < -0.3 is 46.0 Å². The Kier molecular flexibility index (Phi) is 17.1. The van der Waals surface area contributed by atoms with Crippen LogP contribution in [0, 0.1) is 50.7 Å². The SMILES string of the molecule is O=[N+]([O-])[O-].O=[N+]([O-])[O-].O=[N+]([O-])[O-].S=c1nn[nH]n1-c1ccccc1.[Bi+3]. The zero-order chi connectivity index (χ0) is 19.1. The predicted molar refractivity (Wildman–Crippen MR) is 83.4 cm³/mol. The molecule has 0 amide bonds. The van der Waals surface area contributed by atoms with E-state index in [0.717, 1.165) is 5.69 Å². The zero-order valence-electron chi connectivity index (χ0n) is 11.6. The number of tetrazole rings is 1. The molecule has 16 nitrogen and oxygen atoms in total. The van der Waals surface area contributed by atoms with Crippen LogP contribution in [0.4, 0.5) is 0 Å². The Bertz CT molecular complexity index is 652. The Morgan fingerprint density at radius 1 is 0.880 bits per heavy atom. The number of aromatic nitrogens is 4. The van der Waals surface area contributed by atoms with Crippen molar-refractivity contribution in [2.45, 2.75) is 0 Å². The molecule has 18 heteroatoms. The Morgan fingerprint density at radius 3 is 1.52 bits per heavy atom. The summed E-state index contributed by atoms with van der Waals surface area (Å²) in [5.74, 6) is 0. The molecule has 0 aliphatic heterocycles. The van der Waals surface area contributed by atoms with Gasteiger partial charge in [0.1, 0.15) is 0 Å². The first kappa shape index (κ1) is 26.9. The second-order valence-corrected chi connectivity index (χ2v) is 3.29. The summed E-state index contributed by atoms with van der Waals surface area (Å²) in [5, 5.41) is 54.2. The largest absolute Gasteiger partial charge is 3.00 e. The van der Waals surface area contributed by atoms with Crippen molar-refractivity contribution in [1.29, 1.82) is 0 Å². The summed E-state index contributed by atoms with van der Waals surface area (Å²) in [6.07, 6.45) is 0. The van der Waals surface area contributed by atoms with Crippen molar-refractivity contribution in [1.82, 2.24) is 20.2 Å². The molecule has 1 aromatic carbocycles. The first-order chi connectivity index (χ1) is 11.1. The number of rotatable bonds is 1. The molecule has 0 aliphatic rings. The average molecular weight is 573 g/mol. The molecule has 25 heavy (non-hydrogen) atoms. The minimum atomic E-state index is -1.75. The van der Waals surface area contributed by atoms with Crippen molar-refractivity contribution in [3.8, 4) is 5.69 Å². The Hall–Kier alpha value is -3.01. The van der Waals surface area contributed by atoms with Crippen LogP contribution < -0.4 is 0 Å². The van der Waals surface area contributed by atoms with Crippen molar-refractivity contribution in [3.05, 3.63) is 81.1 Å². The van der Waals surface area contributed by atoms with E-state index in [2.05, 4.69) is 15.5 Å². The Balaban J connectivity index is -0.000000314. The van der Waals surface area contributed by atoms with Crippen LogP contribution in [0.5, 0.6) is 0 Å². The van der Waals surface area contributed by atoms with Crippen LogP contribution in [0.2, 0.25) is 0 Å². The van der Waals surface area contributed by atoms with E-state index in [1.807, 2.05) is 30.3 Å². The molecule has 0 unspecified atom stereocenters. The Labute approximate surface area is 160 Å². The third kappa shape index (κ3) is 21.0. The van der Waals surface area contributed by atoms with Crippen molar-refractivity contribution >= 4 is 38.4 Å². The van der Waals surface area contributed by atoms with Crippen LogP contribution in [-0.2, 0) is 0 Å². The molecule has 134 valence electrons. The molecule has 1 N–H and O–H groups in total. The number of H-pyrrole nitrogens is 1. The molecule has 0 fully saturated rings. The molecule has 2 aromatic rings. The third-order valence-electron chi connectivity index (χ3n) is 1.49. The van der Waals surface area contributed by atoms with Gasteiger partial charge in [0.05, 0.1) is 20.9 Å². The zero-order valence-corrected chi connectivity index (χ0v) is 15.9. The number of hydrogen-bond acceptors (Lipinski definition) is 12. The van der Waals surface area contributed by atoms with Gasteiger partial charge in [-0.05, 0) is 24.4 Å². The maximum Gasteiger partial charge on any atom is 3.00 e. The van der Waals surface area contributed by atoms with Gasteiger partial charge in [-0.25, -0.2) is 4.68 Å². The van der Waals surface area contributed by atoms with E-state index in [-0.39, 0.29) is 26.2 Å². The van der Waals surface area contributed by atoms with Crippen molar-refractivity contribution in [2.24, 2.45) is 0 Å². The van der Waals surface area contributed by atoms with E-state index in [4.69, 9.17) is 58.2 Å². The van der Waals surface area contributed by atoms with Crippen molar-refractivity contribution in [2.75, 3.05) is 0 Å². The summed E-state index contributed by atoms with van der Waals surface area (Å²) < 4.78 is 2.07. The van der Waals surface area contributed by atoms with Crippen LogP contribution in [0.3, 0.4) is 0 Å². The normalized spacial score (nSPS) is 7.68. The summed E-state index contributed by atoms with van der Waals surface area (Å²) in [6.45, 7) is 0. The molecule has 1 aromatic heterocycles. The number of nitrogens with one attached hydrogen (secondary N) is 1. The van der Waals surface area contributed by atoms with Gasteiger partial charge in [-0.3, -0.25) is 0 Å². The molecular formula is C7H6BiN7O9S. The van der Waals surface area contributed by atoms with E-state index in [0.29, 0.717) is 4.77 Å². The maximum absolute atomic E-state index is 8.25. The molecule has 0 aliphatic carbocycles. The summed E-state index contributed by atoms with van der Waals surface area (Å²) in [5.41, 5.74) is 0.938. The van der Waals surface area contributed by atoms with Gasteiger partial charge >= 0.3 is 26.2 Å². The standard InChI is InChI=1S/C7H6N4S.Bi.3NO3/c12-7-8-9-10-11(7)6-4-2-1-3-5-6;;3*2-1(3)4/h1-5H,(H,8,10,12);;;;/q;+3;3*-1. The average Bonchev–Trinajstić information content (AvgIpc) is 2.84.